The summed E-state index contributed by atoms with van der Waals surface area (Å²) in [5, 5.41) is 2.11. The van der Waals surface area contributed by atoms with Gasteiger partial charge in [0.25, 0.3) is 0 Å². The average Bonchev–Trinajstić information content (AvgIpc) is 2.77. The Labute approximate surface area is 107 Å². The zero-order valence-corrected chi connectivity index (χ0v) is 11.3. The molecule has 0 atom stereocenters. The minimum Gasteiger partial charge on any atom is -0.326 e. The number of thiophene rings is 1. The summed E-state index contributed by atoms with van der Waals surface area (Å²) in [6.45, 7) is 5.12. The average molecular weight is 245 g/mol. The number of rotatable bonds is 4. The Kier molecular flexibility index (Phi) is 3.97. The molecule has 1 nitrogen and oxygen atoms in total. The van der Waals surface area contributed by atoms with Crippen LogP contribution >= 0.6 is 11.3 Å². The highest BCUT2D eigenvalue weighted by atomic mass is 32.1. The first-order valence-electron chi connectivity index (χ1n) is 6.06. The molecule has 2 heteroatoms. The van der Waals surface area contributed by atoms with Crippen LogP contribution in [0, 0.1) is 5.92 Å². The molecule has 0 saturated heterocycles. The van der Waals surface area contributed by atoms with Crippen LogP contribution in [-0.4, -0.2) is 0 Å². The van der Waals surface area contributed by atoms with Crippen molar-refractivity contribution in [3.8, 4) is 11.1 Å². The standard InChI is InChI=1S/C15H19NS/c1-11(2)9-12-3-5-13(6-4-12)14-7-8-17-15(14)10-16/h3-8,11H,9-10,16H2,1-2H3. The predicted octanol–water partition coefficient (Wildman–Crippen LogP) is 4.07. The Morgan fingerprint density at radius 2 is 1.82 bits per heavy atom. The summed E-state index contributed by atoms with van der Waals surface area (Å²) in [6, 6.07) is 11.0. The Balaban J connectivity index is 2.23. The monoisotopic (exact) mass is 245 g/mol. The molecule has 1 aromatic heterocycles. The molecular weight excluding hydrogens is 226 g/mol. The molecule has 0 aliphatic carbocycles. The lowest BCUT2D eigenvalue weighted by atomic mass is 9.99. The van der Waals surface area contributed by atoms with Crippen molar-refractivity contribution in [2.24, 2.45) is 11.7 Å². The Morgan fingerprint density at radius 3 is 2.41 bits per heavy atom. The van der Waals surface area contributed by atoms with Crippen LogP contribution in [0.1, 0.15) is 24.3 Å². The summed E-state index contributed by atoms with van der Waals surface area (Å²) < 4.78 is 0. The fourth-order valence-corrected chi connectivity index (χ4v) is 2.83. The van der Waals surface area contributed by atoms with Crippen molar-refractivity contribution >= 4 is 11.3 Å². The van der Waals surface area contributed by atoms with Gasteiger partial charge >= 0.3 is 0 Å². The van der Waals surface area contributed by atoms with E-state index in [2.05, 4.69) is 49.6 Å². The third-order valence-corrected chi connectivity index (χ3v) is 3.78. The molecule has 0 saturated carbocycles. The molecule has 0 spiro atoms. The summed E-state index contributed by atoms with van der Waals surface area (Å²) in [6.07, 6.45) is 1.15. The molecule has 0 unspecified atom stereocenters. The lowest BCUT2D eigenvalue weighted by molar-refractivity contribution is 0.647. The number of hydrogen-bond donors (Lipinski definition) is 1. The van der Waals surface area contributed by atoms with Crippen molar-refractivity contribution in [1.82, 2.24) is 0 Å². The van der Waals surface area contributed by atoms with Gasteiger partial charge in [-0.25, -0.2) is 0 Å². The van der Waals surface area contributed by atoms with E-state index in [4.69, 9.17) is 5.73 Å². The van der Waals surface area contributed by atoms with Gasteiger partial charge in [-0.1, -0.05) is 38.1 Å². The SMILES string of the molecule is CC(C)Cc1ccc(-c2ccsc2CN)cc1. The molecule has 0 radical (unpaired) electrons. The molecular formula is C15H19NS. The van der Waals surface area contributed by atoms with E-state index >= 15 is 0 Å². The minimum absolute atomic E-state index is 0.626. The maximum Gasteiger partial charge on any atom is 0.0280 e. The van der Waals surface area contributed by atoms with Crippen LogP contribution < -0.4 is 5.73 Å². The first kappa shape index (κ1) is 12.3. The second kappa shape index (κ2) is 5.48. The highest BCUT2D eigenvalue weighted by Crippen LogP contribution is 2.28. The zero-order valence-electron chi connectivity index (χ0n) is 10.4. The number of benzene rings is 1. The van der Waals surface area contributed by atoms with Crippen LogP contribution in [0.4, 0.5) is 0 Å². The van der Waals surface area contributed by atoms with E-state index < -0.39 is 0 Å². The van der Waals surface area contributed by atoms with Crippen molar-refractivity contribution in [2.75, 3.05) is 0 Å². The van der Waals surface area contributed by atoms with Crippen LogP contribution in [0.3, 0.4) is 0 Å². The Morgan fingerprint density at radius 1 is 1.12 bits per heavy atom. The van der Waals surface area contributed by atoms with Gasteiger partial charge in [-0.2, -0.15) is 0 Å². The highest BCUT2D eigenvalue weighted by molar-refractivity contribution is 7.10. The van der Waals surface area contributed by atoms with Gasteiger partial charge in [0.05, 0.1) is 0 Å². The van der Waals surface area contributed by atoms with Gasteiger partial charge in [-0.3, -0.25) is 0 Å². The third-order valence-electron chi connectivity index (χ3n) is 2.84. The molecule has 2 rings (SSSR count). The van der Waals surface area contributed by atoms with Crippen molar-refractivity contribution in [1.29, 1.82) is 0 Å². The molecule has 1 heterocycles. The van der Waals surface area contributed by atoms with Crippen molar-refractivity contribution in [3.63, 3.8) is 0 Å². The molecule has 0 aliphatic rings. The van der Waals surface area contributed by atoms with E-state index in [1.807, 2.05) is 0 Å². The maximum atomic E-state index is 5.74. The summed E-state index contributed by atoms with van der Waals surface area (Å²) in [4.78, 5) is 1.27. The molecule has 0 aliphatic heterocycles. The maximum absolute atomic E-state index is 5.74. The van der Waals surface area contributed by atoms with E-state index in [0.717, 1.165) is 6.42 Å². The molecule has 90 valence electrons. The molecule has 0 bridgehead atoms. The second-order valence-corrected chi connectivity index (χ2v) is 5.76. The van der Waals surface area contributed by atoms with E-state index in [9.17, 15) is 0 Å². The summed E-state index contributed by atoms with van der Waals surface area (Å²) in [5.41, 5.74) is 9.71. The Hall–Kier alpha value is -1.12. The first-order valence-corrected chi connectivity index (χ1v) is 6.94. The van der Waals surface area contributed by atoms with Gasteiger partial charge in [0.15, 0.2) is 0 Å². The largest absolute Gasteiger partial charge is 0.326 e. The summed E-state index contributed by atoms with van der Waals surface area (Å²) >= 11 is 1.73. The van der Waals surface area contributed by atoms with Crippen molar-refractivity contribution in [2.45, 2.75) is 26.8 Å². The quantitative estimate of drug-likeness (QED) is 0.863. The predicted molar refractivity (Wildman–Crippen MR) is 76.2 cm³/mol. The van der Waals surface area contributed by atoms with Crippen LogP contribution in [0.15, 0.2) is 35.7 Å². The second-order valence-electron chi connectivity index (χ2n) is 4.76. The molecule has 2 N–H and O–H groups in total. The van der Waals surface area contributed by atoms with E-state index in [0.29, 0.717) is 12.5 Å². The molecule has 17 heavy (non-hydrogen) atoms. The number of hydrogen-bond acceptors (Lipinski definition) is 2. The van der Waals surface area contributed by atoms with E-state index in [-0.39, 0.29) is 0 Å². The van der Waals surface area contributed by atoms with E-state index in [1.54, 1.807) is 11.3 Å². The Bertz CT molecular complexity index is 468. The van der Waals surface area contributed by atoms with Gasteiger partial charge in [-0.05, 0) is 40.5 Å². The third kappa shape index (κ3) is 2.96. The van der Waals surface area contributed by atoms with Crippen LogP contribution in [-0.2, 0) is 13.0 Å². The smallest absolute Gasteiger partial charge is 0.0280 e. The first-order chi connectivity index (χ1) is 8.20. The topological polar surface area (TPSA) is 26.0 Å². The minimum atomic E-state index is 0.626. The normalized spacial score (nSPS) is 11.1. The lowest BCUT2D eigenvalue weighted by Gasteiger charge is -2.07. The van der Waals surface area contributed by atoms with Gasteiger partial charge in [0.1, 0.15) is 0 Å². The number of nitrogens with two attached hydrogens (primary N) is 1. The van der Waals surface area contributed by atoms with Crippen molar-refractivity contribution in [3.05, 3.63) is 46.2 Å². The fraction of sp³-hybridized carbons (Fsp3) is 0.333. The van der Waals surface area contributed by atoms with Gasteiger partial charge in [0.2, 0.25) is 0 Å². The fourth-order valence-electron chi connectivity index (χ4n) is 2.05. The van der Waals surface area contributed by atoms with Gasteiger partial charge < -0.3 is 5.73 Å². The van der Waals surface area contributed by atoms with Crippen LogP contribution in [0.25, 0.3) is 11.1 Å². The van der Waals surface area contributed by atoms with Crippen LogP contribution in [0.2, 0.25) is 0 Å². The van der Waals surface area contributed by atoms with E-state index in [1.165, 1.54) is 21.6 Å². The van der Waals surface area contributed by atoms with Gasteiger partial charge in [0, 0.05) is 11.4 Å². The lowest BCUT2D eigenvalue weighted by Crippen LogP contribution is -1.95. The molecule has 0 amide bonds. The zero-order chi connectivity index (χ0) is 12.3. The molecule has 2 aromatic rings. The van der Waals surface area contributed by atoms with Crippen LogP contribution in [0.5, 0.6) is 0 Å². The highest BCUT2D eigenvalue weighted by Gasteiger charge is 2.05. The van der Waals surface area contributed by atoms with Gasteiger partial charge in [-0.15, -0.1) is 11.3 Å². The molecule has 1 aromatic carbocycles. The molecule has 0 fully saturated rings. The summed E-state index contributed by atoms with van der Waals surface area (Å²) in [5.74, 6) is 0.710. The summed E-state index contributed by atoms with van der Waals surface area (Å²) in [7, 11) is 0. The van der Waals surface area contributed by atoms with Crippen molar-refractivity contribution < 1.29 is 0 Å².